The van der Waals surface area contributed by atoms with Crippen molar-refractivity contribution in [2.45, 2.75) is 19.0 Å². The van der Waals surface area contributed by atoms with E-state index in [1.54, 1.807) is 0 Å². The van der Waals surface area contributed by atoms with Crippen LogP contribution in [0.3, 0.4) is 0 Å². The maximum Gasteiger partial charge on any atom is 0.242 e. The first-order chi connectivity index (χ1) is 8.58. The molecule has 0 saturated heterocycles. The first-order valence-corrected chi connectivity index (χ1v) is 7.50. The minimum Gasteiger partial charge on any atom is -0.347 e. The van der Waals surface area contributed by atoms with Gasteiger partial charge in [-0.2, -0.15) is 0 Å². The molecule has 0 bridgehead atoms. The zero-order valence-corrected chi connectivity index (χ0v) is 12.1. The average molecular weight is 301 g/mol. The van der Waals surface area contributed by atoms with Gasteiger partial charge in [0.1, 0.15) is 6.04 Å². The monoisotopic (exact) mass is 300 g/mol. The van der Waals surface area contributed by atoms with Crippen LogP contribution in [0.25, 0.3) is 0 Å². The van der Waals surface area contributed by atoms with E-state index in [0.717, 1.165) is 9.75 Å². The zero-order valence-electron chi connectivity index (χ0n) is 9.72. The Kier molecular flexibility index (Phi) is 4.40. The highest BCUT2D eigenvalue weighted by Crippen LogP contribution is 2.27. The van der Waals surface area contributed by atoms with E-state index >= 15 is 0 Å². The summed E-state index contributed by atoms with van der Waals surface area (Å²) in [5.41, 5.74) is 5.89. The molecule has 0 saturated carbocycles. The smallest absolute Gasteiger partial charge is 0.242 e. The second-order valence-corrected chi connectivity index (χ2v) is 6.59. The van der Waals surface area contributed by atoms with Crippen LogP contribution in [0.5, 0.6) is 0 Å². The number of nitrogens with one attached hydrogen (secondary N) is 1. The number of nitrogens with two attached hydrogens (primary N) is 1. The molecule has 6 heteroatoms. The van der Waals surface area contributed by atoms with Gasteiger partial charge in [-0.15, -0.1) is 22.7 Å². The number of carbonyl (C=O) groups is 1. The second kappa shape index (κ2) is 5.84. The van der Waals surface area contributed by atoms with Crippen molar-refractivity contribution in [1.29, 1.82) is 0 Å². The van der Waals surface area contributed by atoms with E-state index in [1.807, 2.05) is 36.6 Å². The Labute approximate surface area is 119 Å². The topological polar surface area (TPSA) is 55.1 Å². The van der Waals surface area contributed by atoms with Gasteiger partial charge < -0.3 is 11.1 Å². The lowest BCUT2D eigenvalue weighted by atomic mass is 10.2. The van der Waals surface area contributed by atoms with Crippen molar-refractivity contribution >= 4 is 40.2 Å². The highest BCUT2D eigenvalue weighted by Gasteiger charge is 2.19. The maximum atomic E-state index is 12.0. The van der Waals surface area contributed by atoms with Gasteiger partial charge in [-0.3, -0.25) is 4.79 Å². The van der Waals surface area contributed by atoms with E-state index in [2.05, 4.69) is 5.32 Å². The van der Waals surface area contributed by atoms with Crippen LogP contribution in [0.2, 0.25) is 4.34 Å². The number of hydrogen-bond donors (Lipinski definition) is 2. The molecule has 0 aromatic carbocycles. The third-order valence-corrected chi connectivity index (χ3v) is 4.88. The molecule has 3 N–H and O–H groups in total. The summed E-state index contributed by atoms with van der Waals surface area (Å²) in [6, 6.07) is 6.79. The van der Waals surface area contributed by atoms with Crippen molar-refractivity contribution in [3.63, 3.8) is 0 Å². The molecule has 3 nitrogen and oxygen atoms in total. The molecule has 2 aromatic heterocycles. The summed E-state index contributed by atoms with van der Waals surface area (Å²) in [4.78, 5) is 13.9. The molecule has 1 amide bonds. The summed E-state index contributed by atoms with van der Waals surface area (Å²) in [5.74, 6) is -0.172. The van der Waals surface area contributed by atoms with Gasteiger partial charge in [0.15, 0.2) is 0 Å². The van der Waals surface area contributed by atoms with E-state index in [9.17, 15) is 4.79 Å². The Balaban J connectivity index is 1.99. The number of amides is 1. The summed E-state index contributed by atoms with van der Waals surface area (Å²) in [6.45, 7) is 1.92. The molecule has 0 aliphatic carbocycles. The molecule has 2 unspecified atom stereocenters. The molecule has 0 spiro atoms. The Morgan fingerprint density at radius 1 is 1.39 bits per heavy atom. The van der Waals surface area contributed by atoms with E-state index < -0.39 is 6.04 Å². The van der Waals surface area contributed by atoms with Crippen molar-refractivity contribution in [3.8, 4) is 0 Å². The van der Waals surface area contributed by atoms with Gasteiger partial charge in [0.05, 0.1) is 10.4 Å². The molecular weight excluding hydrogens is 288 g/mol. The predicted octanol–water partition coefficient (Wildman–Crippen LogP) is 3.34. The lowest BCUT2D eigenvalue weighted by Crippen LogP contribution is -2.35. The Morgan fingerprint density at radius 2 is 2.17 bits per heavy atom. The second-order valence-electron chi connectivity index (χ2n) is 3.87. The van der Waals surface area contributed by atoms with Crippen molar-refractivity contribution in [3.05, 3.63) is 43.7 Å². The number of hydrogen-bond acceptors (Lipinski definition) is 4. The van der Waals surface area contributed by atoms with Gasteiger partial charge in [0.25, 0.3) is 0 Å². The third kappa shape index (κ3) is 3.11. The van der Waals surface area contributed by atoms with Gasteiger partial charge in [-0.05, 0) is 30.5 Å². The van der Waals surface area contributed by atoms with Crippen LogP contribution >= 0.6 is 34.3 Å². The fourth-order valence-corrected chi connectivity index (χ4v) is 3.32. The van der Waals surface area contributed by atoms with Crippen LogP contribution in [0.4, 0.5) is 0 Å². The van der Waals surface area contributed by atoms with Crippen LogP contribution in [0.15, 0.2) is 29.6 Å². The molecule has 2 atom stereocenters. The van der Waals surface area contributed by atoms with Crippen molar-refractivity contribution in [2.75, 3.05) is 0 Å². The van der Waals surface area contributed by atoms with Crippen LogP contribution in [-0.2, 0) is 4.79 Å². The van der Waals surface area contributed by atoms with E-state index in [0.29, 0.717) is 4.34 Å². The van der Waals surface area contributed by atoms with E-state index in [-0.39, 0.29) is 11.9 Å². The van der Waals surface area contributed by atoms with Crippen LogP contribution in [0.1, 0.15) is 28.8 Å². The fourth-order valence-electron chi connectivity index (χ4n) is 1.53. The molecule has 18 heavy (non-hydrogen) atoms. The highest BCUT2D eigenvalue weighted by atomic mass is 35.5. The normalized spacial score (nSPS) is 14.2. The Bertz CT molecular complexity index is 524. The molecular formula is C12H13ClN2OS2. The van der Waals surface area contributed by atoms with E-state index in [4.69, 9.17) is 17.3 Å². The van der Waals surface area contributed by atoms with Crippen LogP contribution in [0, 0.1) is 0 Å². The largest absolute Gasteiger partial charge is 0.347 e. The lowest BCUT2D eigenvalue weighted by molar-refractivity contribution is -0.123. The first kappa shape index (κ1) is 13.5. The first-order valence-electron chi connectivity index (χ1n) is 5.42. The van der Waals surface area contributed by atoms with Crippen LogP contribution < -0.4 is 11.1 Å². The number of carbonyl (C=O) groups excluding carboxylic acids is 1. The SMILES string of the molecule is CC(NC(=O)C(N)c1cccs1)c1ccc(Cl)s1. The quantitative estimate of drug-likeness (QED) is 0.910. The van der Waals surface area contributed by atoms with Crippen molar-refractivity contribution < 1.29 is 4.79 Å². The number of rotatable bonds is 4. The van der Waals surface area contributed by atoms with Gasteiger partial charge in [0, 0.05) is 9.75 Å². The lowest BCUT2D eigenvalue weighted by Gasteiger charge is -2.15. The van der Waals surface area contributed by atoms with E-state index in [1.165, 1.54) is 22.7 Å². The molecule has 0 radical (unpaired) electrons. The molecule has 2 aromatic rings. The zero-order chi connectivity index (χ0) is 13.1. The molecule has 0 fully saturated rings. The Hall–Kier alpha value is -0.880. The standard InChI is InChI=1S/C12H13ClN2OS2/c1-7(8-4-5-10(13)18-8)15-12(16)11(14)9-3-2-6-17-9/h2-7,11H,14H2,1H3,(H,15,16). The number of halogens is 1. The number of thiophene rings is 2. The minimum absolute atomic E-state index is 0.0824. The highest BCUT2D eigenvalue weighted by molar-refractivity contribution is 7.16. The van der Waals surface area contributed by atoms with Gasteiger partial charge in [-0.25, -0.2) is 0 Å². The van der Waals surface area contributed by atoms with Gasteiger partial charge in [0.2, 0.25) is 5.91 Å². The molecule has 0 aliphatic heterocycles. The summed E-state index contributed by atoms with van der Waals surface area (Å²) >= 11 is 8.81. The summed E-state index contributed by atoms with van der Waals surface area (Å²) in [7, 11) is 0. The maximum absolute atomic E-state index is 12.0. The average Bonchev–Trinajstić information content (AvgIpc) is 2.98. The molecule has 0 aliphatic rings. The third-order valence-electron chi connectivity index (χ3n) is 2.51. The Morgan fingerprint density at radius 3 is 2.72 bits per heavy atom. The van der Waals surface area contributed by atoms with Crippen molar-refractivity contribution in [2.24, 2.45) is 5.73 Å². The molecule has 2 rings (SSSR count). The minimum atomic E-state index is -0.608. The summed E-state index contributed by atoms with van der Waals surface area (Å²) < 4.78 is 0.716. The summed E-state index contributed by atoms with van der Waals surface area (Å²) in [6.07, 6.45) is 0. The van der Waals surface area contributed by atoms with Gasteiger partial charge in [-0.1, -0.05) is 17.7 Å². The molecule has 96 valence electrons. The molecule has 2 heterocycles. The summed E-state index contributed by atoms with van der Waals surface area (Å²) in [5, 5.41) is 4.80. The fraction of sp³-hybridized carbons (Fsp3) is 0.250. The van der Waals surface area contributed by atoms with Crippen molar-refractivity contribution in [1.82, 2.24) is 5.32 Å². The predicted molar refractivity (Wildman–Crippen MR) is 77.1 cm³/mol. The van der Waals surface area contributed by atoms with Crippen LogP contribution in [-0.4, -0.2) is 5.91 Å². The van der Waals surface area contributed by atoms with Gasteiger partial charge >= 0.3 is 0 Å².